The van der Waals surface area contributed by atoms with E-state index in [0.29, 0.717) is 10.7 Å². The van der Waals surface area contributed by atoms with Crippen LogP contribution in [0.2, 0.25) is 5.02 Å². The molecule has 0 saturated heterocycles. The van der Waals surface area contributed by atoms with Gasteiger partial charge >= 0.3 is 0 Å². The van der Waals surface area contributed by atoms with Gasteiger partial charge in [0, 0.05) is 10.7 Å². The molecular weight excluding hydrogens is 230 g/mol. The second-order valence-corrected chi connectivity index (χ2v) is 3.71. The van der Waals surface area contributed by atoms with Crippen LogP contribution < -0.4 is 16.8 Å². The first kappa shape index (κ1) is 12.5. The number of hydrogen-bond acceptors (Lipinski definition) is 3. The van der Waals surface area contributed by atoms with Crippen LogP contribution in [0.15, 0.2) is 24.3 Å². The number of carbonyl (C=O) groups is 2. The molecule has 1 atom stereocenters. The average molecular weight is 242 g/mol. The predicted octanol–water partition coefficient (Wildman–Crippen LogP) is 0.481. The van der Waals surface area contributed by atoms with Crippen molar-refractivity contribution < 1.29 is 9.59 Å². The van der Waals surface area contributed by atoms with Crippen LogP contribution in [0, 0.1) is 0 Å². The van der Waals surface area contributed by atoms with Gasteiger partial charge in [-0.2, -0.15) is 0 Å². The fourth-order valence-corrected chi connectivity index (χ4v) is 1.20. The van der Waals surface area contributed by atoms with Crippen LogP contribution in [0.25, 0.3) is 0 Å². The number of benzene rings is 1. The van der Waals surface area contributed by atoms with Crippen molar-refractivity contribution in [1.29, 1.82) is 0 Å². The monoisotopic (exact) mass is 241 g/mol. The molecule has 1 rings (SSSR count). The van der Waals surface area contributed by atoms with E-state index < -0.39 is 17.9 Å². The van der Waals surface area contributed by atoms with Gasteiger partial charge in [-0.15, -0.1) is 0 Å². The Hall–Kier alpha value is -1.59. The van der Waals surface area contributed by atoms with Crippen molar-refractivity contribution in [3.05, 3.63) is 29.3 Å². The van der Waals surface area contributed by atoms with E-state index in [1.807, 2.05) is 0 Å². The van der Waals surface area contributed by atoms with E-state index in [1.165, 1.54) is 0 Å². The van der Waals surface area contributed by atoms with Crippen molar-refractivity contribution in [2.75, 3.05) is 5.32 Å². The Morgan fingerprint density at radius 2 is 1.88 bits per heavy atom. The van der Waals surface area contributed by atoms with Gasteiger partial charge in [-0.3, -0.25) is 9.59 Å². The number of nitrogens with one attached hydrogen (secondary N) is 1. The highest BCUT2D eigenvalue weighted by atomic mass is 35.5. The lowest BCUT2D eigenvalue weighted by atomic mass is 10.2. The number of halogens is 1. The molecule has 0 fully saturated rings. The van der Waals surface area contributed by atoms with Crippen molar-refractivity contribution in [3.8, 4) is 0 Å². The van der Waals surface area contributed by atoms with Crippen LogP contribution in [0.1, 0.15) is 6.42 Å². The molecule has 1 aromatic rings. The molecular formula is C10H12ClN3O2. The zero-order valence-electron chi connectivity index (χ0n) is 8.44. The van der Waals surface area contributed by atoms with Crippen molar-refractivity contribution in [3.63, 3.8) is 0 Å². The zero-order valence-corrected chi connectivity index (χ0v) is 9.20. The lowest BCUT2D eigenvalue weighted by Crippen LogP contribution is -2.38. The first-order valence-electron chi connectivity index (χ1n) is 4.59. The minimum absolute atomic E-state index is 0.181. The average Bonchev–Trinajstić information content (AvgIpc) is 2.20. The third-order valence-corrected chi connectivity index (χ3v) is 2.12. The molecule has 0 aromatic heterocycles. The quantitative estimate of drug-likeness (QED) is 0.715. The Kier molecular flexibility index (Phi) is 4.28. The van der Waals surface area contributed by atoms with Gasteiger partial charge in [0.1, 0.15) is 0 Å². The maximum Gasteiger partial charge on any atom is 0.241 e. The molecule has 86 valence electrons. The standard InChI is InChI=1S/C10H12ClN3O2/c11-6-1-3-7(4-2-6)14-10(16)8(12)5-9(13)15/h1-4,8H,5,12H2,(H2,13,15)(H,14,16). The molecule has 0 aliphatic rings. The van der Waals surface area contributed by atoms with Gasteiger partial charge in [-0.25, -0.2) is 0 Å². The summed E-state index contributed by atoms with van der Waals surface area (Å²) in [5.41, 5.74) is 10.9. The van der Waals surface area contributed by atoms with E-state index in [2.05, 4.69) is 5.32 Å². The molecule has 5 N–H and O–H groups in total. The number of nitrogens with two attached hydrogens (primary N) is 2. The molecule has 0 spiro atoms. The molecule has 5 nitrogen and oxygen atoms in total. The molecule has 16 heavy (non-hydrogen) atoms. The highest BCUT2D eigenvalue weighted by molar-refractivity contribution is 6.30. The van der Waals surface area contributed by atoms with Gasteiger partial charge in [0.15, 0.2) is 0 Å². The Balaban J connectivity index is 2.57. The summed E-state index contributed by atoms with van der Waals surface area (Å²) in [5.74, 6) is -1.07. The van der Waals surface area contributed by atoms with Gasteiger partial charge in [-0.1, -0.05) is 11.6 Å². The number of rotatable bonds is 4. The molecule has 0 bridgehead atoms. The van der Waals surface area contributed by atoms with Gasteiger partial charge in [0.25, 0.3) is 0 Å². The minimum Gasteiger partial charge on any atom is -0.370 e. The van der Waals surface area contributed by atoms with E-state index in [0.717, 1.165) is 0 Å². The number of carbonyl (C=O) groups excluding carboxylic acids is 2. The second kappa shape index (κ2) is 5.48. The second-order valence-electron chi connectivity index (χ2n) is 3.27. The molecule has 1 unspecified atom stereocenters. The topological polar surface area (TPSA) is 98.2 Å². The molecule has 2 amide bonds. The third kappa shape index (κ3) is 3.88. The minimum atomic E-state index is -0.937. The maximum atomic E-state index is 11.5. The van der Waals surface area contributed by atoms with Crippen LogP contribution in [-0.4, -0.2) is 17.9 Å². The summed E-state index contributed by atoms with van der Waals surface area (Å²) in [6, 6.07) is 5.61. The summed E-state index contributed by atoms with van der Waals surface area (Å²) in [7, 11) is 0. The predicted molar refractivity (Wildman–Crippen MR) is 61.9 cm³/mol. The summed E-state index contributed by atoms with van der Waals surface area (Å²) in [6.45, 7) is 0. The van der Waals surface area contributed by atoms with Gasteiger partial charge in [0.05, 0.1) is 12.5 Å². The Bertz CT molecular complexity index is 392. The van der Waals surface area contributed by atoms with E-state index >= 15 is 0 Å². The number of amides is 2. The first-order chi connectivity index (χ1) is 7.49. The molecule has 1 aromatic carbocycles. The summed E-state index contributed by atoms with van der Waals surface area (Å²) in [4.78, 5) is 22.0. The smallest absolute Gasteiger partial charge is 0.241 e. The van der Waals surface area contributed by atoms with E-state index in [1.54, 1.807) is 24.3 Å². The molecule has 0 heterocycles. The van der Waals surface area contributed by atoms with Crippen LogP contribution in [0.4, 0.5) is 5.69 Å². The fraction of sp³-hybridized carbons (Fsp3) is 0.200. The van der Waals surface area contributed by atoms with Crippen LogP contribution >= 0.6 is 11.6 Å². The molecule has 0 saturated carbocycles. The molecule has 0 radical (unpaired) electrons. The van der Waals surface area contributed by atoms with E-state index in [-0.39, 0.29) is 6.42 Å². The number of primary amides is 1. The van der Waals surface area contributed by atoms with Gasteiger partial charge < -0.3 is 16.8 Å². The van der Waals surface area contributed by atoms with E-state index in [9.17, 15) is 9.59 Å². The lowest BCUT2D eigenvalue weighted by molar-refractivity contribution is -0.123. The van der Waals surface area contributed by atoms with E-state index in [4.69, 9.17) is 23.1 Å². The summed E-state index contributed by atoms with van der Waals surface area (Å²) >= 11 is 5.68. The van der Waals surface area contributed by atoms with Crippen molar-refractivity contribution >= 4 is 29.1 Å². The Morgan fingerprint density at radius 1 is 1.31 bits per heavy atom. The fourth-order valence-electron chi connectivity index (χ4n) is 1.08. The maximum absolute atomic E-state index is 11.5. The lowest BCUT2D eigenvalue weighted by Gasteiger charge is -2.10. The molecule has 0 aliphatic heterocycles. The van der Waals surface area contributed by atoms with Crippen LogP contribution in [0.3, 0.4) is 0 Å². The summed E-state index contributed by atoms with van der Waals surface area (Å²) < 4.78 is 0. The summed E-state index contributed by atoms with van der Waals surface area (Å²) in [6.07, 6.45) is -0.181. The number of anilines is 1. The van der Waals surface area contributed by atoms with Crippen LogP contribution in [0.5, 0.6) is 0 Å². The molecule has 0 aliphatic carbocycles. The van der Waals surface area contributed by atoms with Gasteiger partial charge in [0.2, 0.25) is 11.8 Å². The SMILES string of the molecule is NC(=O)CC(N)C(=O)Nc1ccc(Cl)cc1. The Labute approximate surface area is 97.7 Å². The van der Waals surface area contributed by atoms with Crippen LogP contribution in [-0.2, 0) is 9.59 Å². The first-order valence-corrected chi connectivity index (χ1v) is 4.97. The number of hydrogen-bond donors (Lipinski definition) is 3. The van der Waals surface area contributed by atoms with Crippen molar-refractivity contribution in [2.24, 2.45) is 11.5 Å². The summed E-state index contributed by atoms with van der Waals surface area (Å²) in [5, 5.41) is 3.11. The van der Waals surface area contributed by atoms with Crippen molar-refractivity contribution in [2.45, 2.75) is 12.5 Å². The molecule has 6 heteroatoms. The van der Waals surface area contributed by atoms with Gasteiger partial charge in [-0.05, 0) is 24.3 Å². The third-order valence-electron chi connectivity index (χ3n) is 1.87. The van der Waals surface area contributed by atoms with Crippen molar-refractivity contribution in [1.82, 2.24) is 0 Å². The Morgan fingerprint density at radius 3 is 2.38 bits per heavy atom. The highest BCUT2D eigenvalue weighted by Crippen LogP contribution is 2.13. The zero-order chi connectivity index (χ0) is 12.1. The largest absolute Gasteiger partial charge is 0.370 e. The highest BCUT2D eigenvalue weighted by Gasteiger charge is 2.15. The normalized spacial score (nSPS) is 11.9.